The van der Waals surface area contributed by atoms with Gasteiger partial charge in [0.1, 0.15) is 11.6 Å². The van der Waals surface area contributed by atoms with E-state index in [0.29, 0.717) is 18.9 Å². The summed E-state index contributed by atoms with van der Waals surface area (Å²) < 4.78 is 20.4. The molecule has 2 atom stereocenters. The van der Waals surface area contributed by atoms with Crippen LogP contribution in [0.5, 0.6) is 5.75 Å². The smallest absolute Gasteiger partial charge is 0.216 e. The molecule has 3 nitrogen and oxygen atoms in total. The van der Waals surface area contributed by atoms with Gasteiger partial charge in [-0.2, -0.15) is 0 Å². The van der Waals surface area contributed by atoms with Crippen LogP contribution in [-0.4, -0.2) is 18.6 Å². The number of amides is 1. The number of hydrogen-bond donors (Lipinski definition) is 1. The number of halogens is 1. The molecule has 178 valence electrons. The van der Waals surface area contributed by atoms with Gasteiger partial charge >= 0.3 is 0 Å². The van der Waals surface area contributed by atoms with Crippen molar-refractivity contribution >= 4 is 5.91 Å². The first-order chi connectivity index (χ1) is 16.6. The maximum atomic E-state index is 14.0. The lowest BCUT2D eigenvalue weighted by molar-refractivity contribution is -0.118. The van der Waals surface area contributed by atoms with E-state index in [1.807, 2.05) is 24.3 Å². The van der Waals surface area contributed by atoms with Crippen molar-refractivity contribution in [2.45, 2.75) is 58.0 Å². The summed E-state index contributed by atoms with van der Waals surface area (Å²) in [6.07, 6.45) is 7.80. The highest BCUT2D eigenvalue weighted by molar-refractivity contribution is 5.73. The molecule has 3 aromatic rings. The molecule has 1 aliphatic carbocycles. The maximum absolute atomic E-state index is 14.0. The number of nitrogens with one attached hydrogen (secondary N) is 1. The molecule has 1 amide bonds. The monoisotopic (exact) mass is 459 g/mol. The van der Waals surface area contributed by atoms with E-state index < -0.39 is 0 Å². The largest absolute Gasteiger partial charge is 0.490 e. The minimum atomic E-state index is -0.259. The highest BCUT2D eigenvalue weighted by atomic mass is 19.1. The van der Waals surface area contributed by atoms with Crippen molar-refractivity contribution in [2.24, 2.45) is 5.92 Å². The minimum absolute atomic E-state index is 0.0497. The van der Waals surface area contributed by atoms with E-state index in [2.05, 4.69) is 35.6 Å². The van der Waals surface area contributed by atoms with Crippen LogP contribution in [0.4, 0.5) is 4.39 Å². The average molecular weight is 460 g/mol. The zero-order valence-electron chi connectivity index (χ0n) is 19.9. The Morgan fingerprint density at radius 3 is 2.65 bits per heavy atom. The predicted octanol–water partition coefficient (Wildman–Crippen LogP) is 6.74. The van der Waals surface area contributed by atoms with Crippen LogP contribution < -0.4 is 10.1 Å². The molecule has 4 rings (SSSR count). The molecule has 3 aromatic carbocycles. The van der Waals surface area contributed by atoms with Gasteiger partial charge in [-0.3, -0.25) is 4.79 Å². The normalized spacial score (nSPS) is 17.8. The van der Waals surface area contributed by atoms with E-state index in [-0.39, 0.29) is 17.8 Å². The summed E-state index contributed by atoms with van der Waals surface area (Å²) in [4.78, 5) is 11.3. The Hall–Kier alpha value is -3.14. The van der Waals surface area contributed by atoms with Crippen LogP contribution >= 0.6 is 0 Å². The number of benzene rings is 3. The van der Waals surface area contributed by atoms with Gasteiger partial charge in [0.25, 0.3) is 0 Å². The van der Waals surface area contributed by atoms with Gasteiger partial charge in [-0.1, -0.05) is 55.0 Å². The molecule has 0 spiro atoms. The summed E-state index contributed by atoms with van der Waals surface area (Å²) in [5.41, 5.74) is 4.25. The standard InChI is InChI=1S/C30H34FNO2/c1-22(33)32-18-17-25-15-16-29(21-30(25)26-10-6-11-27(31)20-26)34-28-12-5-9-24(19-28)14-13-23-7-3-2-4-8-23/h2-4,6-8,10-11,15-16,20-21,24,28H,5,9,12-14,17-19H2,1H3,(H,32,33)/t24-,28-/m0/s1. The molecule has 0 bridgehead atoms. The van der Waals surface area contributed by atoms with Crippen molar-refractivity contribution in [1.29, 1.82) is 0 Å². The fourth-order valence-electron chi connectivity index (χ4n) is 4.96. The minimum Gasteiger partial charge on any atom is -0.490 e. The molecule has 0 aliphatic heterocycles. The number of carbonyl (C=O) groups is 1. The molecule has 0 unspecified atom stereocenters. The molecule has 0 aromatic heterocycles. The van der Waals surface area contributed by atoms with Gasteiger partial charge in [0.15, 0.2) is 0 Å². The summed E-state index contributed by atoms with van der Waals surface area (Å²) in [5, 5.41) is 2.85. The topological polar surface area (TPSA) is 38.3 Å². The lowest BCUT2D eigenvalue weighted by atomic mass is 9.83. The van der Waals surface area contributed by atoms with Gasteiger partial charge in [0, 0.05) is 13.5 Å². The number of rotatable bonds is 9. The van der Waals surface area contributed by atoms with Crippen molar-refractivity contribution < 1.29 is 13.9 Å². The van der Waals surface area contributed by atoms with Crippen LogP contribution in [0, 0.1) is 11.7 Å². The molecule has 1 fully saturated rings. The SMILES string of the molecule is CC(=O)NCCc1ccc(O[C@H]2CCC[C@@H](CCc3ccccc3)C2)cc1-c1cccc(F)c1. The van der Waals surface area contributed by atoms with Gasteiger partial charge in [0.05, 0.1) is 6.10 Å². The second-order valence-corrected chi connectivity index (χ2v) is 9.36. The zero-order chi connectivity index (χ0) is 23.8. The van der Waals surface area contributed by atoms with Crippen LogP contribution in [0.15, 0.2) is 72.8 Å². The summed E-state index contributed by atoms with van der Waals surface area (Å²) >= 11 is 0. The molecule has 0 saturated heterocycles. The lowest BCUT2D eigenvalue weighted by Gasteiger charge is -2.30. The maximum Gasteiger partial charge on any atom is 0.216 e. The van der Waals surface area contributed by atoms with Gasteiger partial charge in [-0.25, -0.2) is 4.39 Å². The van der Waals surface area contributed by atoms with Crippen molar-refractivity contribution in [3.05, 3.63) is 89.7 Å². The Labute approximate surface area is 202 Å². The number of aryl methyl sites for hydroxylation is 1. The Bertz CT molecular complexity index is 1080. The summed E-state index contributed by atoms with van der Waals surface area (Å²) in [5.74, 6) is 1.20. The second-order valence-electron chi connectivity index (χ2n) is 9.36. The fourth-order valence-corrected chi connectivity index (χ4v) is 4.96. The van der Waals surface area contributed by atoms with Crippen molar-refractivity contribution in [3.8, 4) is 16.9 Å². The van der Waals surface area contributed by atoms with E-state index in [1.54, 1.807) is 12.1 Å². The van der Waals surface area contributed by atoms with Gasteiger partial charge in [0.2, 0.25) is 5.91 Å². The molecule has 0 heterocycles. The third-order valence-corrected chi connectivity index (χ3v) is 6.71. The Morgan fingerprint density at radius 2 is 1.85 bits per heavy atom. The van der Waals surface area contributed by atoms with Crippen molar-refractivity contribution in [1.82, 2.24) is 5.32 Å². The quantitative estimate of drug-likeness (QED) is 0.385. The second kappa shape index (κ2) is 11.8. The molecule has 1 N–H and O–H groups in total. The third-order valence-electron chi connectivity index (χ3n) is 6.71. The highest BCUT2D eigenvalue weighted by Crippen LogP contribution is 2.33. The van der Waals surface area contributed by atoms with Crippen LogP contribution in [-0.2, 0) is 17.6 Å². The van der Waals surface area contributed by atoms with E-state index >= 15 is 0 Å². The first-order valence-electron chi connectivity index (χ1n) is 12.4. The lowest BCUT2D eigenvalue weighted by Crippen LogP contribution is -2.26. The molecule has 1 saturated carbocycles. The Kier molecular flexibility index (Phi) is 8.35. The first-order valence-corrected chi connectivity index (χ1v) is 12.4. The predicted molar refractivity (Wildman–Crippen MR) is 135 cm³/mol. The average Bonchev–Trinajstić information content (AvgIpc) is 2.84. The van der Waals surface area contributed by atoms with Crippen LogP contribution in [0.3, 0.4) is 0 Å². The van der Waals surface area contributed by atoms with Crippen LogP contribution in [0.2, 0.25) is 0 Å². The van der Waals surface area contributed by atoms with Gasteiger partial charge in [-0.15, -0.1) is 0 Å². The summed E-state index contributed by atoms with van der Waals surface area (Å²) in [6, 6.07) is 23.5. The van der Waals surface area contributed by atoms with Gasteiger partial charge in [-0.05, 0) is 91.0 Å². The van der Waals surface area contributed by atoms with E-state index in [0.717, 1.165) is 41.7 Å². The van der Waals surface area contributed by atoms with Crippen molar-refractivity contribution in [3.63, 3.8) is 0 Å². The van der Waals surface area contributed by atoms with Crippen LogP contribution in [0.25, 0.3) is 11.1 Å². The number of hydrogen-bond acceptors (Lipinski definition) is 2. The first kappa shape index (κ1) is 24.0. The molecule has 34 heavy (non-hydrogen) atoms. The third kappa shape index (κ3) is 6.93. The molecular weight excluding hydrogens is 425 g/mol. The number of ether oxygens (including phenoxy) is 1. The molecule has 4 heteroatoms. The van der Waals surface area contributed by atoms with Gasteiger partial charge < -0.3 is 10.1 Å². The van der Waals surface area contributed by atoms with Crippen LogP contribution in [0.1, 0.15) is 50.2 Å². The fraction of sp³-hybridized carbons (Fsp3) is 0.367. The number of carbonyl (C=O) groups excluding carboxylic acids is 1. The summed E-state index contributed by atoms with van der Waals surface area (Å²) in [7, 11) is 0. The molecule has 1 aliphatic rings. The van der Waals surface area contributed by atoms with E-state index in [4.69, 9.17) is 4.74 Å². The summed E-state index contributed by atoms with van der Waals surface area (Å²) in [6.45, 7) is 2.06. The van der Waals surface area contributed by atoms with E-state index in [1.165, 1.54) is 37.8 Å². The van der Waals surface area contributed by atoms with E-state index in [9.17, 15) is 9.18 Å². The Balaban J connectivity index is 1.44. The molecular formula is C30H34FNO2. The highest BCUT2D eigenvalue weighted by Gasteiger charge is 2.23. The zero-order valence-corrected chi connectivity index (χ0v) is 19.9. The van der Waals surface area contributed by atoms with Crippen molar-refractivity contribution in [2.75, 3.05) is 6.54 Å². The Morgan fingerprint density at radius 1 is 1.00 bits per heavy atom. The molecule has 0 radical (unpaired) electrons.